The lowest BCUT2D eigenvalue weighted by Crippen LogP contribution is -1.83. The molecule has 0 unspecified atom stereocenters. The topological polar surface area (TPSA) is 43.1 Å². The van der Waals surface area contributed by atoms with Crippen molar-refractivity contribution in [3.63, 3.8) is 0 Å². The molecule has 2 N–H and O–H groups in total. The summed E-state index contributed by atoms with van der Waals surface area (Å²) in [7, 11) is 1.50. The summed E-state index contributed by atoms with van der Waals surface area (Å²) >= 11 is 0. The summed E-state index contributed by atoms with van der Waals surface area (Å²) in [5.74, 6) is 0. The zero-order valence-electron chi connectivity index (χ0n) is 6.21. The average molecular weight is 139 g/mol. The van der Waals surface area contributed by atoms with Gasteiger partial charge in [0.05, 0.1) is 0 Å². The van der Waals surface area contributed by atoms with E-state index >= 15 is 0 Å². The molecule has 56 valence electrons. The maximum atomic E-state index is 10.0. The molecule has 0 atom stereocenters. The molecule has 0 aliphatic heterocycles. The van der Waals surface area contributed by atoms with E-state index < -0.39 is 0 Å². The molecule has 0 saturated heterocycles. The van der Waals surface area contributed by atoms with E-state index in [1.807, 2.05) is 18.2 Å². The van der Waals surface area contributed by atoms with Gasteiger partial charge < -0.3 is 5.73 Å². The van der Waals surface area contributed by atoms with Crippen LogP contribution in [0.1, 0.15) is 12.8 Å². The molecule has 10 heavy (non-hydrogen) atoms. The van der Waals surface area contributed by atoms with Gasteiger partial charge in [0.2, 0.25) is 0 Å². The van der Waals surface area contributed by atoms with Gasteiger partial charge in [0.15, 0.2) is 0 Å². The molecule has 0 spiro atoms. The minimum atomic E-state index is 0.816. The summed E-state index contributed by atoms with van der Waals surface area (Å²) in [6.45, 7) is 0. The van der Waals surface area contributed by atoms with E-state index in [4.69, 9.17) is 0 Å². The zero-order valence-corrected chi connectivity index (χ0v) is 6.21. The predicted octanol–water partition coefficient (Wildman–Crippen LogP) is 1.04. The Labute approximate surface area is 61.4 Å². The number of hydrogen-bond donors (Lipinski definition) is 1. The maximum Gasteiger partial charge on any atom is 0.149 e. The molecule has 0 heterocycles. The van der Waals surface area contributed by atoms with Gasteiger partial charge in [-0.2, -0.15) is 0 Å². The van der Waals surface area contributed by atoms with Gasteiger partial charge >= 0.3 is 0 Å². The number of allylic oxidation sites excluding steroid dienone is 4. The summed E-state index contributed by atoms with van der Waals surface area (Å²) in [6.07, 6.45) is 8.81. The minimum absolute atomic E-state index is 0.816. The Hall–Kier alpha value is -0.890. The lowest BCUT2D eigenvalue weighted by Gasteiger charge is -1.95. The molecule has 0 fully saturated rings. The van der Waals surface area contributed by atoms with Crippen LogP contribution in [0.3, 0.4) is 0 Å². The Balaban J connectivity index is 0.000000371. The lowest BCUT2D eigenvalue weighted by atomic mass is 10.1. The predicted molar refractivity (Wildman–Crippen MR) is 42.6 cm³/mol. The number of nitrogens with two attached hydrogens (primary N) is 1. The molecule has 0 saturated carbocycles. The second-order valence-electron chi connectivity index (χ2n) is 1.80. The van der Waals surface area contributed by atoms with Gasteiger partial charge in [0.25, 0.3) is 0 Å². The average Bonchev–Trinajstić information content (AvgIpc) is 2.10. The quantitative estimate of drug-likeness (QED) is 0.551. The fraction of sp³-hybridized carbons (Fsp3) is 0.375. The lowest BCUT2D eigenvalue weighted by molar-refractivity contribution is -0.104. The van der Waals surface area contributed by atoms with Crippen molar-refractivity contribution in [1.29, 1.82) is 0 Å². The third kappa shape index (κ3) is 3.20. The summed E-state index contributed by atoms with van der Waals surface area (Å²) < 4.78 is 0. The zero-order chi connectivity index (χ0) is 7.82. The van der Waals surface area contributed by atoms with E-state index in [-0.39, 0.29) is 0 Å². The number of carbonyl (C=O) groups is 1. The van der Waals surface area contributed by atoms with E-state index in [9.17, 15) is 4.79 Å². The highest BCUT2D eigenvalue weighted by atomic mass is 16.1. The number of carbonyl (C=O) groups excluding carboxylic acids is 1. The maximum absolute atomic E-state index is 10.0. The SMILES string of the molecule is CN.O=CC1=CCCC=C1. The summed E-state index contributed by atoms with van der Waals surface area (Å²) in [6, 6.07) is 0. The van der Waals surface area contributed by atoms with E-state index in [1.165, 1.54) is 7.05 Å². The minimum Gasteiger partial charge on any atom is -0.333 e. The molecule has 0 aromatic heterocycles. The monoisotopic (exact) mass is 139 g/mol. The van der Waals surface area contributed by atoms with E-state index in [2.05, 4.69) is 5.73 Å². The van der Waals surface area contributed by atoms with Gasteiger partial charge in [-0.1, -0.05) is 18.2 Å². The molecule has 1 aliphatic carbocycles. The largest absolute Gasteiger partial charge is 0.333 e. The summed E-state index contributed by atoms with van der Waals surface area (Å²) in [4.78, 5) is 10.0. The molecular formula is C8H13NO. The summed E-state index contributed by atoms with van der Waals surface area (Å²) in [5, 5.41) is 0. The Morgan fingerprint density at radius 1 is 1.50 bits per heavy atom. The van der Waals surface area contributed by atoms with E-state index in [0.717, 1.165) is 24.7 Å². The fourth-order valence-corrected chi connectivity index (χ4v) is 0.721. The Morgan fingerprint density at radius 3 is 2.50 bits per heavy atom. The molecule has 0 aromatic carbocycles. The standard InChI is InChI=1S/C7H8O.CH5N/c8-6-7-4-2-1-3-5-7;1-2/h2,4-6H,1,3H2;2H2,1H3. The van der Waals surface area contributed by atoms with Crippen molar-refractivity contribution >= 4 is 6.29 Å². The van der Waals surface area contributed by atoms with Gasteiger partial charge in [-0.3, -0.25) is 4.79 Å². The van der Waals surface area contributed by atoms with E-state index in [0.29, 0.717) is 0 Å². The molecule has 0 aromatic rings. The van der Waals surface area contributed by atoms with Crippen LogP contribution in [-0.4, -0.2) is 13.3 Å². The van der Waals surface area contributed by atoms with Crippen molar-refractivity contribution in [2.45, 2.75) is 12.8 Å². The molecular weight excluding hydrogens is 126 g/mol. The van der Waals surface area contributed by atoms with Crippen LogP contribution in [0, 0.1) is 0 Å². The van der Waals surface area contributed by atoms with Gasteiger partial charge in [-0.15, -0.1) is 0 Å². The first-order chi connectivity index (χ1) is 4.93. The second-order valence-corrected chi connectivity index (χ2v) is 1.80. The molecule has 1 aliphatic rings. The Kier molecular flexibility index (Phi) is 5.68. The molecule has 2 heteroatoms. The van der Waals surface area contributed by atoms with Gasteiger partial charge in [0, 0.05) is 5.57 Å². The van der Waals surface area contributed by atoms with Gasteiger partial charge in [-0.05, 0) is 19.9 Å². The van der Waals surface area contributed by atoms with E-state index in [1.54, 1.807) is 0 Å². The normalized spacial score (nSPS) is 14.8. The molecule has 1 rings (SSSR count). The summed E-state index contributed by atoms with van der Waals surface area (Å²) in [5.41, 5.74) is 5.32. The van der Waals surface area contributed by atoms with Crippen LogP contribution in [0.25, 0.3) is 0 Å². The molecule has 0 radical (unpaired) electrons. The first-order valence-corrected chi connectivity index (χ1v) is 3.33. The van der Waals surface area contributed by atoms with Crippen molar-refractivity contribution in [3.8, 4) is 0 Å². The smallest absolute Gasteiger partial charge is 0.149 e. The highest BCUT2D eigenvalue weighted by Gasteiger charge is 1.91. The number of aldehydes is 1. The molecule has 0 amide bonds. The van der Waals surface area contributed by atoms with Crippen molar-refractivity contribution in [3.05, 3.63) is 23.8 Å². The van der Waals surface area contributed by atoms with Gasteiger partial charge in [0.1, 0.15) is 6.29 Å². The fourth-order valence-electron chi connectivity index (χ4n) is 0.721. The number of rotatable bonds is 1. The highest BCUT2D eigenvalue weighted by molar-refractivity contribution is 5.77. The number of hydrogen-bond acceptors (Lipinski definition) is 2. The third-order valence-electron chi connectivity index (χ3n) is 1.16. The van der Waals surface area contributed by atoms with Crippen molar-refractivity contribution in [2.24, 2.45) is 5.73 Å². The van der Waals surface area contributed by atoms with Crippen molar-refractivity contribution < 1.29 is 4.79 Å². The van der Waals surface area contributed by atoms with Crippen LogP contribution < -0.4 is 5.73 Å². The van der Waals surface area contributed by atoms with Crippen LogP contribution in [0.5, 0.6) is 0 Å². The van der Waals surface area contributed by atoms with Crippen LogP contribution >= 0.6 is 0 Å². The van der Waals surface area contributed by atoms with Crippen LogP contribution in [0.15, 0.2) is 23.8 Å². The van der Waals surface area contributed by atoms with Crippen LogP contribution in [0.4, 0.5) is 0 Å². The van der Waals surface area contributed by atoms with Crippen LogP contribution in [-0.2, 0) is 4.79 Å². The van der Waals surface area contributed by atoms with Crippen molar-refractivity contribution in [2.75, 3.05) is 7.05 Å². The highest BCUT2D eigenvalue weighted by Crippen LogP contribution is 2.05. The first-order valence-electron chi connectivity index (χ1n) is 3.33. The Bertz CT molecular complexity index is 147. The van der Waals surface area contributed by atoms with Crippen LogP contribution in [0.2, 0.25) is 0 Å². The second kappa shape index (κ2) is 6.23. The Morgan fingerprint density at radius 2 is 2.20 bits per heavy atom. The molecule has 2 nitrogen and oxygen atoms in total. The molecule has 0 bridgehead atoms. The van der Waals surface area contributed by atoms with Gasteiger partial charge in [-0.25, -0.2) is 0 Å². The van der Waals surface area contributed by atoms with Crippen molar-refractivity contribution in [1.82, 2.24) is 0 Å². The third-order valence-corrected chi connectivity index (χ3v) is 1.16. The first kappa shape index (κ1) is 9.11.